The van der Waals surface area contributed by atoms with E-state index in [0.717, 1.165) is 24.5 Å². The van der Waals surface area contributed by atoms with Crippen LogP contribution in [0, 0.1) is 6.92 Å². The molecule has 1 aromatic carbocycles. The van der Waals surface area contributed by atoms with E-state index in [9.17, 15) is 9.90 Å². The third-order valence-corrected chi connectivity index (χ3v) is 4.76. The van der Waals surface area contributed by atoms with E-state index in [1.807, 2.05) is 25.1 Å². The zero-order valence-electron chi connectivity index (χ0n) is 13.8. The van der Waals surface area contributed by atoms with Crippen LogP contribution in [0.2, 0.25) is 0 Å². The Kier molecular flexibility index (Phi) is 4.53. The van der Waals surface area contributed by atoms with Gasteiger partial charge in [0.2, 0.25) is 5.43 Å². The molecule has 3 rings (SSSR count). The van der Waals surface area contributed by atoms with Crippen molar-refractivity contribution in [2.45, 2.75) is 39.3 Å². The topological polar surface area (TPSA) is 45.5 Å². The summed E-state index contributed by atoms with van der Waals surface area (Å²) in [6.07, 6.45) is 2.37. The van der Waals surface area contributed by atoms with Gasteiger partial charge in [0.1, 0.15) is 0 Å². The smallest absolute Gasteiger partial charge is 0.223 e. The lowest BCUT2D eigenvalue weighted by Gasteiger charge is -2.27. The van der Waals surface area contributed by atoms with E-state index < -0.39 is 0 Å². The molecule has 0 radical (unpaired) electrons. The van der Waals surface area contributed by atoms with Crippen molar-refractivity contribution in [3.8, 4) is 5.75 Å². The number of benzene rings is 1. The molecule has 0 aliphatic carbocycles. The average Bonchev–Trinajstić information content (AvgIpc) is 3.06. The normalized spacial score (nSPS) is 16.6. The largest absolute Gasteiger partial charge is 0.503 e. The van der Waals surface area contributed by atoms with Crippen molar-refractivity contribution in [2.24, 2.45) is 0 Å². The van der Waals surface area contributed by atoms with Gasteiger partial charge in [-0.3, -0.25) is 9.69 Å². The monoisotopic (exact) mass is 312 g/mol. The molecule has 1 N–H and O–H groups in total. The third-order valence-electron chi connectivity index (χ3n) is 4.76. The van der Waals surface area contributed by atoms with Gasteiger partial charge in [-0.1, -0.05) is 30.3 Å². The number of aryl methyl sites for hydroxylation is 1. The highest BCUT2D eigenvalue weighted by atomic mass is 16.3. The van der Waals surface area contributed by atoms with Crippen LogP contribution in [0.3, 0.4) is 0 Å². The van der Waals surface area contributed by atoms with E-state index in [4.69, 9.17) is 0 Å². The third kappa shape index (κ3) is 3.17. The van der Waals surface area contributed by atoms with Gasteiger partial charge in [-0.05, 0) is 45.3 Å². The number of likely N-dealkylation sites (tertiary alicyclic amines) is 1. The molecular formula is C19H24N2O2. The number of nitrogens with zero attached hydrogens (tertiary/aromatic N) is 2. The van der Waals surface area contributed by atoms with E-state index in [0.29, 0.717) is 6.54 Å². The van der Waals surface area contributed by atoms with E-state index >= 15 is 0 Å². The van der Waals surface area contributed by atoms with E-state index in [1.54, 1.807) is 0 Å². The predicted molar refractivity (Wildman–Crippen MR) is 91.9 cm³/mol. The maximum Gasteiger partial charge on any atom is 0.223 e. The van der Waals surface area contributed by atoms with E-state index in [2.05, 4.69) is 28.5 Å². The van der Waals surface area contributed by atoms with Crippen molar-refractivity contribution in [2.75, 3.05) is 13.1 Å². The summed E-state index contributed by atoms with van der Waals surface area (Å²) >= 11 is 0. The first-order chi connectivity index (χ1) is 11.1. The van der Waals surface area contributed by atoms with Crippen molar-refractivity contribution in [1.82, 2.24) is 9.47 Å². The number of hydrogen-bond donors (Lipinski definition) is 1. The van der Waals surface area contributed by atoms with Gasteiger partial charge in [0, 0.05) is 18.3 Å². The van der Waals surface area contributed by atoms with Gasteiger partial charge < -0.3 is 9.67 Å². The maximum atomic E-state index is 12.1. The van der Waals surface area contributed by atoms with Gasteiger partial charge in [0.25, 0.3) is 0 Å². The Balaban J connectivity index is 2.07. The Hall–Kier alpha value is -2.07. The summed E-state index contributed by atoms with van der Waals surface area (Å²) in [5.41, 5.74) is 2.50. The highest BCUT2D eigenvalue weighted by Gasteiger charge is 2.21. The van der Waals surface area contributed by atoms with Gasteiger partial charge in [-0.15, -0.1) is 0 Å². The first kappa shape index (κ1) is 15.8. The standard InChI is InChI=1S/C19H24N2O2/c1-14-12-18(22)19(23)17(13-20-10-6-7-11-20)21(14)15(2)16-8-4-3-5-9-16/h3-5,8-9,12,15,23H,6-7,10-11,13H2,1-2H3. The molecule has 1 aliphatic rings. The quantitative estimate of drug-likeness (QED) is 0.944. The van der Waals surface area contributed by atoms with Crippen molar-refractivity contribution >= 4 is 0 Å². The molecule has 4 heteroatoms. The molecule has 0 saturated carbocycles. The molecule has 1 aromatic heterocycles. The molecule has 1 unspecified atom stereocenters. The highest BCUT2D eigenvalue weighted by Crippen LogP contribution is 2.26. The fraction of sp³-hybridized carbons (Fsp3) is 0.421. The lowest BCUT2D eigenvalue weighted by molar-refractivity contribution is 0.306. The summed E-state index contributed by atoms with van der Waals surface area (Å²) in [4.78, 5) is 14.4. The summed E-state index contributed by atoms with van der Waals surface area (Å²) < 4.78 is 2.10. The van der Waals surface area contributed by atoms with Crippen LogP contribution in [0.15, 0.2) is 41.2 Å². The molecular weight excluding hydrogens is 288 g/mol. The number of hydrogen-bond acceptors (Lipinski definition) is 3. The summed E-state index contributed by atoms with van der Waals surface area (Å²) in [5, 5.41) is 10.4. The fourth-order valence-electron chi connectivity index (χ4n) is 3.52. The molecule has 4 nitrogen and oxygen atoms in total. The molecule has 23 heavy (non-hydrogen) atoms. The molecule has 0 bridgehead atoms. The fourth-order valence-corrected chi connectivity index (χ4v) is 3.52. The molecule has 1 fully saturated rings. The Morgan fingerprint density at radius 1 is 1.17 bits per heavy atom. The summed E-state index contributed by atoms with van der Waals surface area (Å²) in [5.74, 6) is -0.106. The molecule has 2 heterocycles. The van der Waals surface area contributed by atoms with Crippen LogP contribution in [0.4, 0.5) is 0 Å². The maximum absolute atomic E-state index is 12.1. The number of pyridine rings is 1. The molecule has 1 saturated heterocycles. The number of aromatic hydroxyl groups is 1. The zero-order valence-corrected chi connectivity index (χ0v) is 13.8. The van der Waals surface area contributed by atoms with Gasteiger partial charge in [0.15, 0.2) is 5.75 Å². The second kappa shape index (κ2) is 6.59. The van der Waals surface area contributed by atoms with Crippen molar-refractivity contribution in [3.63, 3.8) is 0 Å². The molecule has 0 spiro atoms. The van der Waals surface area contributed by atoms with Crippen molar-refractivity contribution in [3.05, 3.63) is 63.6 Å². The second-order valence-corrected chi connectivity index (χ2v) is 6.39. The van der Waals surface area contributed by atoms with Crippen LogP contribution >= 0.6 is 0 Å². The zero-order chi connectivity index (χ0) is 16.4. The Bertz CT molecular complexity index is 731. The average molecular weight is 312 g/mol. The first-order valence-corrected chi connectivity index (χ1v) is 8.29. The van der Waals surface area contributed by atoms with Gasteiger partial charge >= 0.3 is 0 Å². The van der Waals surface area contributed by atoms with Crippen LogP contribution in [-0.2, 0) is 6.54 Å². The van der Waals surface area contributed by atoms with E-state index in [1.165, 1.54) is 24.5 Å². The van der Waals surface area contributed by atoms with Gasteiger partial charge in [-0.25, -0.2) is 0 Å². The van der Waals surface area contributed by atoms with Crippen LogP contribution in [0.1, 0.15) is 42.8 Å². The van der Waals surface area contributed by atoms with Crippen LogP contribution in [0.25, 0.3) is 0 Å². The van der Waals surface area contributed by atoms with Crippen molar-refractivity contribution in [1.29, 1.82) is 0 Å². The Morgan fingerprint density at radius 2 is 1.83 bits per heavy atom. The van der Waals surface area contributed by atoms with Crippen LogP contribution < -0.4 is 5.43 Å². The van der Waals surface area contributed by atoms with E-state index in [-0.39, 0.29) is 17.2 Å². The molecule has 122 valence electrons. The summed E-state index contributed by atoms with van der Waals surface area (Å²) in [6.45, 7) is 6.73. The van der Waals surface area contributed by atoms with Gasteiger partial charge in [0.05, 0.1) is 11.7 Å². The molecule has 2 aromatic rings. The minimum absolute atomic E-state index is 0.0697. The number of aromatic nitrogens is 1. The Morgan fingerprint density at radius 3 is 2.48 bits per heavy atom. The van der Waals surface area contributed by atoms with Crippen LogP contribution in [-0.4, -0.2) is 27.7 Å². The second-order valence-electron chi connectivity index (χ2n) is 6.39. The van der Waals surface area contributed by atoms with Gasteiger partial charge in [-0.2, -0.15) is 0 Å². The SMILES string of the molecule is Cc1cc(=O)c(O)c(CN2CCCC2)n1C(C)c1ccccc1. The molecule has 1 atom stereocenters. The summed E-state index contributed by atoms with van der Waals surface area (Å²) in [6, 6.07) is 11.8. The predicted octanol–water partition coefficient (Wildman–Crippen LogP) is 3.07. The van der Waals surface area contributed by atoms with Crippen molar-refractivity contribution < 1.29 is 5.11 Å². The lowest BCUT2D eigenvalue weighted by atomic mass is 10.1. The number of rotatable bonds is 4. The molecule has 1 aliphatic heterocycles. The highest BCUT2D eigenvalue weighted by molar-refractivity contribution is 5.33. The minimum atomic E-state index is -0.284. The Labute approximate surface area is 137 Å². The summed E-state index contributed by atoms with van der Waals surface area (Å²) in [7, 11) is 0. The van der Waals surface area contributed by atoms with Crippen LogP contribution in [0.5, 0.6) is 5.75 Å². The minimum Gasteiger partial charge on any atom is -0.503 e. The lowest BCUT2D eigenvalue weighted by Crippen LogP contribution is -2.26. The first-order valence-electron chi connectivity index (χ1n) is 8.29. The molecule has 0 amide bonds.